The molecule has 71 heavy (non-hydrogen) atoms. The van der Waals surface area contributed by atoms with Gasteiger partial charge in [-0.15, -0.1) is 0 Å². The first-order valence-corrected chi connectivity index (χ1v) is 30.7. The summed E-state index contributed by atoms with van der Waals surface area (Å²) in [6.07, 6.45) is 60.9. The molecule has 0 aromatic heterocycles. The maximum absolute atomic E-state index is 13.1. The predicted octanol–water partition coefficient (Wildman–Crippen LogP) is 15.5. The maximum Gasteiger partial charge on any atom is 0.220 e. The van der Waals surface area contributed by atoms with Crippen molar-refractivity contribution in [3.63, 3.8) is 0 Å². The van der Waals surface area contributed by atoms with Crippen LogP contribution in [0.2, 0.25) is 0 Å². The quantitative estimate of drug-likeness (QED) is 0.0261. The molecule has 6 N–H and O–H groups in total. The molecule has 1 saturated heterocycles. The molecule has 1 aliphatic rings. The number of amides is 1. The normalized spacial score (nSPS) is 19.5. The number of aliphatic hydroxyl groups excluding tert-OH is 5. The second-order valence-corrected chi connectivity index (χ2v) is 21.5. The number of hydrogen-bond acceptors (Lipinski definition) is 8. The minimum Gasteiger partial charge on any atom is -0.394 e. The van der Waals surface area contributed by atoms with Crippen LogP contribution >= 0.6 is 0 Å². The minimum absolute atomic E-state index is 0.183. The third kappa shape index (κ3) is 41.4. The summed E-state index contributed by atoms with van der Waals surface area (Å²) in [6, 6.07) is -0.820. The number of aliphatic hydroxyl groups is 5. The lowest BCUT2D eigenvalue weighted by Gasteiger charge is -2.40. The van der Waals surface area contributed by atoms with E-state index in [4.69, 9.17) is 9.47 Å². The highest BCUT2D eigenvalue weighted by Gasteiger charge is 2.44. The van der Waals surface area contributed by atoms with E-state index in [-0.39, 0.29) is 12.5 Å². The summed E-state index contributed by atoms with van der Waals surface area (Å²) in [4.78, 5) is 13.1. The summed E-state index contributed by atoms with van der Waals surface area (Å²) in [6.45, 7) is 3.79. The van der Waals surface area contributed by atoms with Gasteiger partial charge in [-0.25, -0.2) is 0 Å². The Hall–Kier alpha value is -1.59. The fourth-order valence-corrected chi connectivity index (χ4v) is 9.82. The van der Waals surface area contributed by atoms with E-state index in [1.54, 1.807) is 6.08 Å². The molecule has 1 aliphatic heterocycles. The molecule has 418 valence electrons. The largest absolute Gasteiger partial charge is 0.394 e. The van der Waals surface area contributed by atoms with Gasteiger partial charge >= 0.3 is 0 Å². The van der Waals surface area contributed by atoms with Gasteiger partial charge in [0, 0.05) is 6.42 Å². The number of hydrogen-bond donors (Lipinski definition) is 6. The number of ether oxygens (including phenoxy) is 2. The van der Waals surface area contributed by atoms with E-state index < -0.39 is 49.5 Å². The predicted molar refractivity (Wildman–Crippen MR) is 300 cm³/mol. The van der Waals surface area contributed by atoms with Gasteiger partial charge in [-0.05, 0) is 57.8 Å². The van der Waals surface area contributed by atoms with E-state index in [0.717, 1.165) is 38.5 Å². The Bertz CT molecular complexity index is 1210. The van der Waals surface area contributed by atoms with Crippen LogP contribution in [0.3, 0.4) is 0 Å². The Morgan fingerprint density at radius 1 is 0.465 bits per heavy atom. The fourth-order valence-electron chi connectivity index (χ4n) is 9.82. The summed E-state index contributed by atoms with van der Waals surface area (Å²) in [5, 5.41) is 54.5. The van der Waals surface area contributed by atoms with Gasteiger partial charge < -0.3 is 40.3 Å². The molecule has 1 rings (SSSR count). The molecule has 1 amide bonds. The van der Waals surface area contributed by atoms with Crippen LogP contribution in [0.15, 0.2) is 36.5 Å². The third-order valence-electron chi connectivity index (χ3n) is 14.7. The zero-order chi connectivity index (χ0) is 51.5. The number of unbranched alkanes of at least 4 members (excludes halogenated alkanes) is 39. The molecule has 0 bridgehead atoms. The molecule has 9 heteroatoms. The first-order valence-electron chi connectivity index (χ1n) is 30.7. The zero-order valence-electron chi connectivity index (χ0n) is 46.5. The molecule has 1 heterocycles. The molecule has 0 saturated carbocycles. The van der Waals surface area contributed by atoms with Crippen molar-refractivity contribution >= 4 is 5.91 Å². The average molecular weight is 1000 g/mol. The summed E-state index contributed by atoms with van der Waals surface area (Å²) < 4.78 is 11.3. The Balaban J connectivity index is 2.14. The van der Waals surface area contributed by atoms with Crippen LogP contribution in [0.5, 0.6) is 0 Å². The molecule has 7 atom stereocenters. The Morgan fingerprint density at radius 3 is 1.18 bits per heavy atom. The zero-order valence-corrected chi connectivity index (χ0v) is 46.5. The average Bonchev–Trinajstić information content (AvgIpc) is 3.37. The first-order chi connectivity index (χ1) is 34.8. The number of carbonyl (C=O) groups excluding carboxylic acids is 1. The van der Waals surface area contributed by atoms with Gasteiger partial charge in [0.1, 0.15) is 24.4 Å². The van der Waals surface area contributed by atoms with Gasteiger partial charge in [0.15, 0.2) is 6.29 Å². The number of carbonyl (C=O) groups is 1. The Labute approximate surface area is 438 Å². The molecule has 7 unspecified atom stereocenters. The van der Waals surface area contributed by atoms with Gasteiger partial charge in [-0.1, -0.05) is 269 Å². The standard InChI is InChI=1S/C62H117NO8/c1-3-5-7-9-11-13-15-17-19-21-22-23-24-25-26-27-28-29-30-31-32-33-34-35-36-38-40-42-44-46-48-50-52-58(66)63-55(54-70-62-61(69)60(68)59(67)57(53-64)71-62)56(65)51-49-47-45-43-41-39-37-20-18-16-14-12-10-8-6-4-2/h25-26,41,43,49,51,55-57,59-62,64-65,67-69H,3-24,27-40,42,44-48,50,52-54H2,1-2H3,(H,63,66)/b26-25-,43-41+,51-49+. The van der Waals surface area contributed by atoms with Gasteiger partial charge in [0.2, 0.25) is 5.91 Å². The van der Waals surface area contributed by atoms with Crippen molar-refractivity contribution < 1.29 is 39.8 Å². The minimum atomic E-state index is -1.57. The van der Waals surface area contributed by atoms with E-state index >= 15 is 0 Å². The summed E-state index contributed by atoms with van der Waals surface area (Å²) in [7, 11) is 0. The van der Waals surface area contributed by atoms with Crippen molar-refractivity contribution in [2.24, 2.45) is 0 Å². The Kier molecular flexibility index (Phi) is 49.3. The molecule has 1 fully saturated rings. The second kappa shape index (κ2) is 51.9. The van der Waals surface area contributed by atoms with Gasteiger partial charge in [-0.2, -0.15) is 0 Å². The number of nitrogens with one attached hydrogen (secondary N) is 1. The Morgan fingerprint density at radius 2 is 0.803 bits per heavy atom. The first kappa shape index (κ1) is 67.4. The summed E-state index contributed by atoms with van der Waals surface area (Å²) in [5.74, 6) is -0.183. The molecule has 9 nitrogen and oxygen atoms in total. The van der Waals surface area contributed by atoms with Crippen LogP contribution in [-0.2, 0) is 14.3 Å². The van der Waals surface area contributed by atoms with Crippen molar-refractivity contribution in [1.29, 1.82) is 0 Å². The van der Waals surface area contributed by atoms with Crippen LogP contribution in [0.25, 0.3) is 0 Å². The molecule has 0 aliphatic carbocycles. The van der Waals surface area contributed by atoms with E-state index in [2.05, 4.69) is 43.5 Å². The molecule has 0 aromatic carbocycles. The highest BCUT2D eigenvalue weighted by Crippen LogP contribution is 2.23. The molecule has 0 aromatic rings. The molecule has 0 spiro atoms. The topological polar surface area (TPSA) is 149 Å². The lowest BCUT2D eigenvalue weighted by Crippen LogP contribution is -2.60. The van der Waals surface area contributed by atoms with Crippen LogP contribution < -0.4 is 5.32 Å². The lowest BCUT2D eigenvalue weighted by atomic mass is 9.99. The van der Waals surface area contributed by atoms with E-state index in [0.29, 0.717) is 6.42 Å². The van der Waals surface area contributed by atoms with Crippen molar-refractivity contribution in [2.75, 3.05) is 13.2 Å². The third-order valence-corrected chi connectivity index (χ3v) is 14.7. The van der Waals surface area contributed by atoms with Gasteiger partial charge in [0.05, 0.1) is 25.4 Å². The molecule has 0 radical (unpaired) electrons. The molecular formula is C62H117NO8. The van der Waals surface area contributed by atoms with Crippen LogP contribution in [0, 0.1) is 0 Å². The van der Waals surface area contributed by atoms with Gasteiger partial charge in [-0.3, -0.25) is 4.79 Å². The smallest absolute Gasteiger partial charge is 0.220 e. The summed E-state index contributed by atoms with van der Waals surface area (Å²) >= 11 is 0. The number of allylic oxidation sites excluding steroid dienone is 5. The van der Waals surface area contributed by atoms with Gasteiger partial charge in [0.25, 0.3) is 0 Å². The lowest BCUT2D eigenvalue weighted by molar-refractivity contribution is -0.302. The highest BCUT2D eigenvalue weighted by molar-refractivity contribution is 5.76. The van der Waals surface area contributed by atoms with E-state index in [9.17, 15) is 30.3 Å². The van der Waals surface area contributed by atoms with E-state index in [1.807, 2.05) is 6.08 Å². The second-order valence-electron chi connectivity index (χ2n) is 21.5. The van der Waals surface area contributed by atoms with Crippen molar-refractivity contribution in [3.8, 4) is 0 Å². The SMILES string of the molecule is CCCCCCCCCCCC/C=C/CC/C=C/C(O)C(COC1OC(CO)C(O)C(O)C1O)NC(=O)CCCCCCCCCCCCCCCCCC/C=C\CCCCCCCCCCCCCC. The van der Waals surface area contributed by atoms with Crippen molar-refractivity contribution in [2.45, 2.75) is 339 Å². The molecular weight excluding hydrogens is 887 g/mol. The van der Waals surface area contributed by atoms with Crippen molar-refractivity contribution in [1.82, 2.24) is 5.32 Å². The van der Waals surface area contributed by atoms with Crippen molar-refractivity contribution in [3.05, 3.63) is 36.5 Å². The monoisotopic (exact) mass is 1000 g/mol. The highest BCUT2D eigenvalue weighted by atomic mass is 16.7. The van der Waals surface area contributed by atoms with Crippen LogP contribution in [-0.4, -0.2) is 87.5 Å². The van der Waals surface area contributed by atoms with Crippen LogP contribution in [0.1, 0.15) is 296 Å². The maximum atomic E-state index is 13.1. The summed E-state index contributed by atoms with van der Waals surface area (Å²) in [5.41, 5.74) is 0. The fraction of sp³-hybridized carbons (Fsp3) is 0.887. The number of rotatable bonds is 53. The van der Waals surface area contributed by atoms with Crippen LogP contribution in [0.4, 0.5) is 0 Å². The van der Waals surface area contributed by atoms with E-state index in [1.165, 1.54) is 238 Å².